The lowest BCUT2D eigenvalue weighted by Crippen LogP contribution is -2.56. The van der Waals surface area contributed by atoms with E-state index < -0.39 is 0 Å². The molecule has 1 fully saturated rings. The molecule has 6 heteroatoms. The van der Waals surface area contributed by atoms with Crippen LogP contribution in [0.25, 0.3) is 22.0 Å². The summed E-state index contributed by atoms with van der Waals surface area (Å²) < 4.78 is 26.9. The molecule has 1 aromatic carbocycles. The van der Waals surface area contributed by atoms with Gasteiger partial charge in [0.1, 0.15) is 5.82 Å². The Bertz CT molecular complexity index is 1130. The van der Waals surface area contributed by atoms with Crippen molar-refractivity contribution in [1.29, 1.82) is 0 Å². The maximum Gasteiger partial charge on any atom is 0.214 e. The molecular formula is C23H24FN3O2. The molecular weight excluding hydrogens is 369 g/mol. The quantitative estimate of drug-likeness (QED) is 0.684. The Kier molecular flexibility index (Phi) is 3.87. The molecule has 0 spiro atoms. The maximum absolute atomic E-state index is 15.4. The number of fused-ring (bicyclic) bond motifs is 4. The Balaban J connectivity index is 1.77. The van der Waals surface area contributed by atoms with E-state index in [1.165, 1.54) is 0 Å². The Morgan fingerprint density at radius 3 is 2.83 bits per heavy atom. The van der Waals surface area contributed by atoms with Crippen LogP contribution < -0.4 is 10.1 Å². The predicted octanol–water partition coefficient (Wildman–Crippen LogP) is 4.70. The van der Waals surface area contributed by atoms with Gasteiger partial charge in [0.2, 0.25) is 5.88 Å². The van der Waals surface area contributed by atoms with Crippen LogP contribution in [0, 0.1) is 5.82 Å². The van der Waals surface area contributed by atoms with Crippen molar-refractivity contribution in [2.24, 2.45) is 0 Å². The fourth-order valence-corrected chi connectivity index (χ4v) is 5.12. The molecule has 2 aromatic heterocycles. The molecule has 5 nitrogen and oxygen atoms in total. The molecule has 4 heterocycles. The van der Waals surface area contributed by atoms with Crippen molar-refractivity contribution in [3.8, 4) is 17.0 Å². The Labute approximate surface area is 169 Å². The first kappa shape index (κ1) is 18.3. The van der Waals surface area contributed by atoms with Gasteiger partial charge in [0, 0.05) is 52.7 Å². The summed E-state index contributed by atoms with van der Waals surface area (Å²) in [5.74, 6) is 0.162. The monoisotopic (exact) mass is 393 g/mol. The van der Waals surface area contributed by atoms with E-state index in [1.54, 1.807) is 31.6 Å². The average molecular weight is 393 g/mol. The molecule has 2 aliphatic rings. The third kappa shape index (κ3) is 2.62. The zero-order valence-electron chi connectivity index (χ0n) is 17.0. The fraction of sp³-hybridized carbons (Fsp3) is 0.391. The summed E-state index contributed by atoms with van der Waals surface area (Å²) in [6, 6.07) is 7.17. The van der Waals surface area contributed by atoms with Crippen molar-refractivity contribution >= 4 is 16.6 Å². The lowest BCUT2D eigenvalue weighted by atomic mass is 9.66. The molecule has 1 saturated heterocycles. The van der Waals surface area contributed by atoms with Crippen LogP contribution in [0.1, 0.15) is 32.8 Å². The summed E-state index contributed by atoms with van der Waals surface area (Å²) in [5, 5.41) is 4.29. The van der Waals surface area contributed by atoms with Gasteiger partial charge < -0.3 is 14.8 Å². The lowest BCUT2D eigenvalue weighted by molar-refractivity contribution is 0.0352. The molecule has 5 rings (SSSR count). The zero-order valence-corrected chi connectivity index (χ0v) is 17.0. The molecule has 3 aromatic rings. The molecule has 2 atom stereocenters. The number of benzene rings is 1. The van der Waals surface area contributed by atoms with E-state index in [4.69, 9.17) is 9.47 Å². The van der Waals surface area contributed by atoms with Crippen LogP contribution in [0.5, 0.6) is 5.88 Å². The second-order valence-electron chi connectivity index (χ2n) is 8.75. The molecule has 29 heavy (non-hydrogen) atoms. The number of ether oxygens (including phenoxy) is 2. The number of methoxy groups -OCH3 is 1. The first-order valence-electron chi connectivity index (χ1n) is 9.86. The van der Waals surface area contributed by atoms with Crippen molar-refractivity contribution in [1.82, 2.24) is 9.97 Å². The van der Waals surface area contributed by atoms with Gasteiger partial charge in [-0.05, 0) is 44.0 Å². The summed E-state index contributed by atoms with van der Waals surface area (Å²) in [6.45, 7) is 7.15. The summed E-state index contributed by atoms with van der Waals surface area (Å²) in [7, 11) is 1.57. The van der Waals surface area contributed by atoms with E-state index in [0.29, 0.717) is 18.1 Å². The predicted molar refractivity (Wildman–Crippen MR) is 111 cm³/mol. The van der Waals surface area contributed by atoms with Gasteiger partial charge in [0.05, 0.1) is 24.3 Å². The Morgan fingerprint density at radius 1 is 1.21 bits per heavy atom. The van der Waals surface area contributed by atoms with E-state index in [2.05, 4.69) is 36.1 Å². The number of halogens is 1. The minimum absolute atomic E-state index is 0.0196. The van der Waals surface area contributed by atoms with Gasteiger partial charge >= 0.3 is 0 Å². The number of nitrogens with one attached hydrogen (secondary N) is 1. The second-order valence-corrected chi connectivity index (χ2v) is 8.75. The molecule has 0 saturated carbocycles. The number of anilines is 1. The minimum Gasteiger partial charge on any atom is -0.481 e. The molecule has 2 aliphatic heterocycles. The van der Waals surface area contributed by atoms with E-state index in [9.17, 15) is 0 Å². The normalized spacial score (nSPS) is 24.7. The lowest BCUT2D eigenvalue weighted by Gasteiger charge is -2.48. The highest BCUT2D eigenvalue weighted by molar-refractivity contribution is 5.95. The first-order chi connectivity index (χ1) is 13.8. The number of hydrogen-bond donors (Lipinski definition) is 1. The minimum atomic E-state index is -0.286. The highest BCUT2D eigenvalue weighted by Crippen LogP contribution is 2.51. The summed E-state index contributed by atoms with van der Waals surface area (Å²) in [4.78, 5) is 8.69. The van der Waals surface area contributed by atoms with E-state index in [-0.39, 0.29) is 22.9 Å². The molecule has 1 N–H and O–H groups in total. The van der Waals surface area contributed by atoms with Crippen LogP contribution in [-0.4, -0.2) is 35.3 Å². The van der Waals surface area contributed by atoms with Gasteiger partial charge in [-0.3, -0.25) is 4.98 Å². The highest BCUT2D eigenvalue weighted by atomic mass is 19.1. The van der Waals surface area contributed by atoms with Crippen LogP contribution in [0.2, 0.25) is 0 Å². The number of aromatic nitrogens is 2. The van der Waals surface area contributed by atoms with Gasteiger partial charge in [0.15, 0.2) is 0 Å². The largest absolute Gasteiger partial charge is 0.481 e. The SMILES string of the molecule is COc1cc(-c2cc3c(cc2F)NC(C)(C)C2OCCC32C)c2cnccc2n1. The smallest absolute Gasteiger partial charge is 0.214 e. The first-order valence-corrected chi connectivity index (χ1v) is 9.86. The van der Waals surface area contributed by atoms with Crippen LogP contribution in [0.3, 0.4) is 0 Å². The van der Waals surface area contributed by atoms with Crippen LogP contribution >= 0.6 is 0 Å². The maximum atomic E-state index is 15.4. The number of pyridine rings is 2. The Morgan fingerprint density at radius 2 is 2.03 bits per heavy atom. The third-order valence-electron chi connectivity index (χ3n) is 6.41. The van der Waals surface area contributed by atoms with Crippen LogP contribution in [0.4, 0.5) is 10.1 Å². The molecule has 0 amide bonds. The fourth-order valence-electron chi connectivity index (χ4n) is 5.12. The zero-order chi connectivity index (χ0) is 20.4. The van der Waals surface area contributed by atoms with Gasteiger partial charge in [-0.25, -0.2) is 9.37 Å². The van der Waals surface area contributed by atoms with Gasteiger partial charge in [-0.1, -0.05) is 6.92 Å². The molecule has 0 radical (unpaired) electrons. The van der Waals surface area contributed by atoms with E-state index in [1.807, 2.05) is 12.1 Å². The molecule has 150 valence electrons. The molecule has 2 unspecified atom stereocenters. The second kappa shape index (κ2) is 6.13. The number of rotatable bonds is 2. The average Bonchev–Trinajstić information content (AvgIpc) is 3.10. The highest BCUT2D eigenvalue weighted by Gasteiger charge is 2.53. The van der Waals surface area contributed by atoms with E-state index in [0.717, 1.165) is 34.1 Å². The van der Waals surface area contributed by atoms with Crippen molar-refractivity contribution < 1.29 is 13.9 Å². The Hall–Kier alpha value is -2.73. The van der Waals surface area contributed by atoms with Gasteiger partial charge in [-0.15, -0.1) is 0 Å². The summed E-state index contributed by atoms with van der Waals surface area (Å²) in [5.41, 5.74) is 3.44. The van der Waals surface area contributed by atoms with Crippen molar-refractivity contribution in [3.63, 3.8) is 0 Å². The van der Waals surface area contributed by atoms with Gasteiger partial charge in [0.25, 0.3) is 0 Å². The van der Waals surface area contributed by atoms with Crippen LogP contribution in [0.15, 0.2) is 36.7 Å². The van der Waals surface area contributed by atoms with Crippen LogP contribution in [-0.2, 0) is 10.2 Å². The summed E-state index contributed by atoms with van der Waals surface area (Å²) in [6.07, 6.45) is 4.32. The standard InChI is InChI=1S/C23H24FN3O2/c1-22(2)21-23(3,6-8-29-21)16-9-14(17(24)11-19(16)27-22)13-10-20(28-4)26-18-5-7-25-12-15(13)18/h5,7,9-12,21,27H,6,8H2,1-4H3. The summed E-state index contributed by atoms with van der Waals surface area (Å²) >= 11 is 0. The van der Waals surface area contributed by atoms with Crippen molar-refractivity contribution in [2.75, 3.05) is 19.0 Å². The van der Waals surface area contributed by atoms with Crippen molar-refractivity contribution in [3.05, 3.63) is 48.0 Å². The third-order valence-corrected chi connectivity index (χ3v) is 6.41. The van der Waals surface area contributed by atoms with Crippen molar-refractivity contribution in [2.45, 2.75) is 44.2 Å². The number of nitrogens with zero attached hydrogens (tertiary/aromatic N) is 2. The van der Waals surface area contributed by atoms with Gasteiger partial charge in [-0.2, -0.15) is 0 Å². The topological polar surface area (TPSA) is 56.3 Å². The number of hydrogen-bond acceptors (Lipinski definition) is 5. The van der Waals surface area contributed by atoms with E-state index >= 15 is 4.39 Å². The molecule has 0 bridgehead atoms. The molecule has 0 aliphatic carbocycles.